The van der Waals surface area contributed by atoms with E-state index in [1.165, 1.54) is 4.57 Å². The van der Waals surface area contributed by atoms with Crippen LogP contribution in [0.15, 0.2) is 17.2 Å². The van der Waals surface area contributed by atoms with Crippen molar-refractivity contribution in [1.29, 1.82) is 0 Å². The van der Waals surface area contributed by atoms with Crippen molar-refractivity contribution in [2.24, 2.45) is 7.05 Å². The zero-order valence-corrected chi connectivity index (χ0v) is 9.79. The van der Waals surface area contributed by atoms with Gasteiger partial charge in [-0.25, -0.2) is 4.98 Å². The number of nitrogens with one attached hydrogen (secondary N) is 1. The number of aromatic nitrogens is 2. The van der Waals surface area contributed by atoms with Crippen LogP contribution in [0.25, 0.3) is 0 Å². The first-order chi connectivity index (χ1) is 7.15. The summed E-state index contributed by atoms with van der Waals surface area (Å²) >= 11 is 5.96. The number of alkyl halides is 1. The summed E-state index contributed by atoms with van der Waals surface area (Å²) in [7, 11) is 1.70. The molecule has 1 rings (SSSR count). The predicted molar refractivity (Wildman–Crippen MR) is 62.5 cm³/mol. The number of anilines is 1. The third-order valence-corrected chi connectivity index (χ3v) is 2.74. The fourth-order valence-electron chi connectivity index (χ4n) is 1.17. The molecule has 0 spiro atoms. The van der Waals surface area contributed by atoms with E-state index in [9.17, 15) is 4.79 Å². The molecule has 1 heterocycles. The van der Waals surface area contributed by atoms with E-state index in [2.05, 4.69) is 10.3 Å². The number of nitrogens with zero attached hydrogens (tertiary/aromatic N) is 2. The van der Waals surface area contributed by atoms with E-state index in [-0.39, 0.29) is 10.9 Å². The second kappa shape index (κ2) is 5.75. The minimum absolute atomic E-state index is 0.111. The van der Waals surface area contributed by atoms with Crippen LogP contribution in [-0.4, -0.2) is 21.5 Å². The first-order valence-corrected chi connectivity index (χ1v) is 5.48. The molecule has 0 saturated heterocycles. The number of hydrogen-bond acceptors (Lipinski definition) is 3. The number of halogens is 1. The predicted octanol–water partition coefficient (Wildman–Crippen LogP) is 1.60. The average molecular weight is 230 g/mol. The highest BCUT2D eigenvalue weighted by Gasteiger charge is 2.03. The lowest BCUT2D eigenvalue weighted by atomic mass is 10.2. The maximum absolute atomic E-state index is 11.5. The third kappa shape index (κ3) is 3.55. The van der Waals surface area contributed by atoms with Gasteiger partial charge in [0.15, 0.2) is 5.82 Å². The third-order valence-electron chi connectivity index (χ3n) is 2.21. The topological polar surface area (TPSA) is 46.9 Å². The molecule has 0 saturated carbocycles. The van der Waals surface area contributed by atoms with E-state index in [1.54, 1.807) is 19.4 Å². The second-order valence-corrected chi connectivity index (χ2v) is 4.03. The van der Waals surface area contributed by atoms with Crippen LogP contribution in [0.2, 0.25) is 0 Å². The van der Waals surface area contributed by atoms with Crippen LogP contribution in [0, 0.1) is 0 Å². The first-order valence-electron chi connectivity index (χ1n) is 5.04. The minimum Gasteiger partial charge on any atom is -0.365 e. The molecule has 1 aromatic heterocycles. The minimum atomic E-state index is -0.111. The Morgan fingerprint density at radius 3 is 3.07 bits per heavy atom. The molecule has 5 heteroatoms. The SMILES string of the molecule is CCC(Cl)CCNc1nccn(C)c1=O. The molecule has 1 aromatic rings. The van der Waals surface area contributed by atoms with E-state index in [0.29, 0.717) is 12.4 Å². The van der Waals surface area contributed by atoms with Crippen LogP contribution < -0.4 is 10.9 Å². The maximum atomic E-state index is 11.5. The molecule has 84 valence electrons. The van der Waals surface area contributed by atoms with Crippen LogP contribution in [-0.2, 0) is 7.05 Å². The summed E-state index contributed by atoms with van der Waals surface area (Å²) in [5.41, 5.74) is -0.111. The van der Waals surface area contributed by atoms with Gasteiger partial charge in [-0.05, 0) is 12.8 Å². The van der Waals surface area contributed by atoms with Crippen LogP contribution >= 0.6 is 11.6 Å². The Morgan fingerprint density at radius 2 is 2.40 bits per heavy atom. The molecule has 15 heavy (non-hydrogen) atoms. The van der Waals surface area contributed by atoms with Crippen LogP contribution in [0.3, 0.4) is 0 Å². The monoisotopic (exact) mass is 229 g/mol. The Labute approximate surface area is 94.3 Å². The summed E-state index contributed by atoms with van der Waals surface area (Å²) < 4.78 is 1.49. The number of aryl methyl sites for hydroxylation is 1. The van der Waals surface area contributed by atoms with Gasteiger partial charge >= 0.3 is 0 Å². The van der Waals surface area contributed by atoms with Gasteiger partial charge in [0.1, 0.15) is 0 Å². The highest BCUT2D eigenvalue weighted by molar-refractivity contribution is 6.20. The molecule has 1 atom stereocenters. The van der Waals surface area contributed by atoms with Gasteiger partial charge in [-0.2, -0.15) is 0 Å². The number of rotatable bonds is 5. The van der Waals surface area contributed by atoms with Crippen LogP contribution in [0.1, 0.15) is 19.8 Å². The molecule has 0 aliphatic carbocycles. The lowest BCUT2D eigenvalue weighted by Gasteiger charge is -2.08. The first kappa shape index (κ1) is 12.0. The molecule has 0 amide bonds. The van der Waals surface area contributed by atoms with Crippen molar-refractivity contribution in [2.45, 2.75) is 25.1 Å². The Hall–Kier alpha value is -1.03. The van der Waals surface area contributed by atoms with E-state index < -0.39 is 0 Å². The molecule has 0 aromatic carbocycles. The van der Waals surface area contributed by atoms with Crippen LogP contribution in [0.4, 0.5) is 5.82 Å². The Kier molecular flexibility index (Phi) is 4.62. The summed E-state index contributed by atoms with van der Waals surface area (Å²) in [6, 6.07) is 0. The lowest BCUT2D eigenvalue weighted by molar-refractivity contribution is 0.748. The summed E-state index contributed by atoms with van der Waals surface area (Å²) in [4.78, 5) is 15.5. The molecule has 0 radical (unpaired) electrons. The standard InChI is InChI=1S/C10H16ClN3O/c1-3-8(11)4-5-12-9-10(15)14(2)7-6-13-9/h6-8H,3-5H2,1-2H3,(H,12,13). The Balaban J connectivity index is 2.51. The molecular weight excluding hydrogens is 214 g/mol. The maximum Gasteiger partial charge on any atom is 0.293 e. The van der Waals surface area contributed by atoms with Crippen molar-refractivity contribution in [3.8, 4) is 0 Å². The zero-order chi connectivity index (χ0) is 11.3. The molecule has 4 nitrogen and oxygen atoms in total. The van der Waals surface area contributed by atoms with Gasteiger partial charge in [0, 0.05) is 31.4 Å². The largest absolute Gasteiger partial charge is 0.365 e. The van der Waals surface area contributed by atoms with Gasteiger partial charge in [0.2, 0.25) is 0 Å². The van der Waals surface area contributed by atoms with Gasteiger partial charge in [0.05, 0.1) is 0 Å². The Morgan fingerprint density at radius 1 is 1.67 bits per heavy atom. The van der Waals surface area contributed by atoms with Gasteiger partial charge in [-0.15, -0.1) is 11.6 Å². The normalized spacial score (nSPS) is 12.5. The molecular formula is C10H16ClN3O. The van der Waals surface area contributed by atoms with Crippen molar-refractivity contribution < 1.29 is 0 Å². The van der Waals surface area contributed by atoms with Gasteiger partial charge in [-0.3, -0.25) is 4.79 Å². The van der Waals surface area contributed by atoms with Gasteiger partial charge in [-0.1, -0.05) is 6.92 Å². The molecule has 1 unspecified atom stereocenters. The summed E-state index contributed by atoms with van der Waals surface area (Å²) in [5.74, 6) is 0.389. The van der Waals surface area contributed by atoms with Crippen molar-refractivity contribution in [3.63, 3.8) is 0 Å². The van der Waals surface area contributed by atoms with Crippen LogP contribution in [0.5, 0.6) is 0 Å². The molecule has 1 N–H and O–H groups in total. The molecule has 0 fully saturated rings. The van der Waals surface area contributed by atoms with E-state index >= 15 is 0 Å². The summed E-state index contributed by atoms with van der Waals surface area (Å²) in [5, 5.41) is 3.15. The molecule has 0 aliphatic heterocycles. The quantitative estimate of drug-likeness (QED) is 0.781. The van der Waals surface area contributed by atoms with Crippen molar-refractivity contribution in [3.05, 3.63) is 22.7 Å². The van der Waals surface area contributed by atoms with Crippen molar-refractivity contribution in [1.82, 2.24) is 9.55 Å². The molecule has 0 aliphatic rings. The van der Waals surface area contributed by atoms with E-state index in [4.69, 9.17) is 11.6 Å². The van der Waals surface area contributed by atoms with E-state index in [0.717, 1.165) is 12.8 Å². The highest BCUT2D eigenvalue weighted by Crippen LogP contribution is 2.05. The lowest BCUT2D eigenvalue weighted by Crippen LogP contribution is -2.23. The number of hydrogen-bond donors (Lipinski definition) is 1. The Bertz CT molecular complexity index is 364. The van der Waals surface area contributed by atoms with Gasteiger partial charge < -0.3 is 9.88 Å². The summed E-state index contributed by atoms with van der Waals surface area (Å²) in [6.45, 7) is 2.71. The van der Waals surface area contributed by atoms with Crippen molar-refractivity contribution in [2.75, 3.05) is 11.9 Å². The van der Waals surface area contributed by atoms with Crippen molar-refractivity contribution >= 4 is 17.4 Å². The highest BCUT2D eigenvalue weighted by atomic mass is 35.5. The summed E-state index contributed by atoms with van der Waals surface area (Å²) in [6.07, 6.45) is 4.99. The molecule has 0 bridgehead atoms. The fourth-order valence-corrected chi connectivity index (χ4v) is 1.28. The van der Waals surface area contributed by atoms with Gasteiger partial charge in [0.25, 0.3) is 5.56 Å². The fraction of sp³-hybridized carbons (Fsp3) is 0.600. The van der Waals surface area contributed by atoms with E-state index in [1.807, 2.05) is 6.92 Å². The smallest absolute Gasteiger partial charge is 0.293 e. The average Bonchev–Trinajstić information content (AvgIpc) is 2.24. The zero-order valence-electron chi connectivity index (χ0n) is 9.03. The second-order valence-electron chi connectivity index (χ2n) is 3.41.